The summed E-state index contributed by atoms with van der Waals surface area (Å²) < 4.78 is 39.5. The SMILES string of the molecule is Nc1ccccc1NC(=O)c1ccc(Nc2ncc(-c3cnc4cccc(CNCC(F)(F)F)n34)s2)s1. The van der Waals surface area contributed by atoms with E-state index in [1.165, 1.54) is 22.7 Å². The van der Waals surface area contributed by atoms with Gasteiger partial charge in [-0.15, -0.1) is 11.3 Å². The summed E-state index contributed by atoms with van der Waals surface area (Å²) >= 11 is 2.63. The van der Waals surface area contributed by atoms with Crippen molar-refractivity contribution in [1.29, 1.82) is 0 Å². The van der Waals surface area contributed by atoms with Crippen LogP contribution in [0.5, 0.6) is 0 Å². The van der Waals surface area contributed by atoms with E-state index in [1.54, 1.807) is 67.0 Å². The van der Waals surface area contributed by atoms with Crippen molar-refractivity contribution in [2.75, 3.05) is 22.9 Å². The number of halogens is 3. The summed E-state index contributed by atoms with van der Waals surface area (Å²) in [6, 6.07) is 15.8. The average Bonchev–Trinajstić information content (AvgIpc) is 3.60. The molecule has 0 unspecified atom stereocenters. The molecule has 0 atom stereocenters. The van der Waals surface area contributed by atoms with Gasteiger partial charge in [-0.25, -0.2) is 9.97 Å². The third-order valence-electron chi connectivity index (χ3n) is 5.27. The number of hydrogen-bond donors (Lipinski definition) is 4. The highest BCUT2D eigenvalue weighted by Gasteiger charge is 2.26. The average molecular weight is 544 g/mol. The number of carbonyl (C=O) groups is 1. The number of thiophene rings is 1. The first-order valence-electron chi connectivity index (χ1n) is 11.0. The number of benzene rings is 1. The van der Waals surface area contributed by atoms with Crippen molar-refractivity contribution in [3.05, 3.63) is 77.6 Å². The van der Waals surface area contributed by atoms with Crippen LogP contribution >= 0.6 is 22.7 Å². The van der Waals surface area contributed by atoms with Gasteiger partial charge in [0.1, 0.15) is 5.65 Å². The Labute approximate surface area is 217 Å². The predicted octanol–water partition coefficient (Wildman–Crippen LogP) is 5.75. The van der Waals surface area contributed by atoms with Crippen LogP contribution in [-0.2, 0) is 6.54 Å². The number of fused-ring (bicyclic) bond motifs is 1. The lowest BCUT2D eigenvalue weighted by molar-refractivity contribution is -0.125. The number of aromatic nitrogens is 3. The van der Waals surface area contributed by atoms with E-state index in [4.69, 9.17) is 5.73 Å². The zero-order valence-electron chi connectivity index (χ0n) is 19.0. The molecule has 0 aliphatic heterocycles. The van der Waals surface area contributed by atoms with Gasteiger partial charge in [-0.1, -0.05) is 29.5 Å². The minimum absolute atomic E-state index is 0.0266. The molecule has 0 aliphatic carbocycles. The Balaban J connectivity index is 1.30. The van der Waals surface area contributed by atoms with Crippen LogP contribution in [0.1, 0.15) is 15.4 Å². The van der Waals surface area contributed by atoms with Gasteiger partial charge in [-0.3, -0.25) is 9.20 Å². The molecule has 0 saturated heterocycles. The molecule has 4 heterocycles. The lowest BCUT2D eigenvalue weighted by atomic mass is 10.2. The van der Waals surface area contributed by atoms with Crippen LogP contribution in [0, 0.1) is 0 Å². The first-order chi connectivity index (χ1) is 17.8. The van der Waals surface area contributed by atoms with Gasteiger partial charge in [0.25, 0.3) is 5.91 Å². The lowest BCUT2D eigenvalue weighted by Crippen LogP contribution is -2.28. The number of nitrogens with zero attached hydrogens (tertiary/aromatic N) is 3. The van der Waals surface area contributed by atoms with Gasteiger partial charge in [-0.2, -0.15) is 13.2 Å². The molecule has 5 rings (SSSR count). The molecule has 0 fully saturated rings. The number of pyridine rings is 1. The Morgan fingerprint density at radius 2 is 1.84 bits per heavy atom. The maximum Gasteiger partial charge on any atom is 0.401 e. The number of nitrogens with two attached hydrogens (primary N) is 1. The number of nitrogen functional groups attached to an aromatic ring is 1. The van der Waals surface area contributed by atoms with Crippen molar-refractivity contribution in [3.63, 3.8) is 0 Å². The van der Waals surface area contributed by atoms with E-state index in [9.17, 15) is 18.0 Å². The summed E-state index contributed by atoms with van der Waals surface area (Å²) in [5.41, 5.74) is 8.90. The standard InChI is InChI=1S/C24H20F3N7OS2/c25-24(26,27)13-29-10-14-4-3-7-20-30-11-17(34(14)20)19-12-31-23(37-19)33-21-9-8-18(36-21)22(35)32-16-6-2-1-5-15(16)28/h1-9,11-12,29H,10,13,28H2,(H,31,33)(H,32,35). The Bertz CT molecular complexity index is 1560. The Kier molecular flexibility index (Phi) is 6.82. The molecule has 0 spiro atoms. The van der Waals surface area contributed by atoms with E-state index >= 15 is 0 Å². The Morgan fingerprint density at radius 3 is 2.65 bits per heavy atom. The molecule has 5 N–H and O–H groups in total. The number of amides is 1. The third kappa shape index (κ3) is 5.74. The monoisotopic (exact) mass is 543 g/mol. The molecule has 0 aliphatic rings. The molecule has 0 bridgehead atoms. The van der Waals surface area contributed by atoms with E-state index < -0.39 is 12.7 Å². The fourth-order valence-electron chi connectivity index (χ4n) is 3.63. The zero-order chi connectivity index (χ0) is 26.0. The number of rotatable bonds is 8. The summed E-state index contributed by atoms with van der Waals surface area (Å²) in [6.45, 7) is -1.06. The molecule has 1 aromatic carbocycles. The van der Waals surface area contributed by atoms with Gasteiger partial charge in [0.15, 0.2) is 5.13 Å². The summed E-state index contributed by atoms with van der Waals surface area (Å²) in [7, 11) is 0. The number of anilines is 4. The van der Waals surface area contributed by atoms with Crippen LogP contribution < -0.4 is 21.7 Å². The number of para-hydroxylation sites is 2. The van der Waals surface area contributed by atoms with Crippen LogP contribution in [0.3, 0.4) is 0 Å². The van der Waals surface area contributed by atoms with Crippen molar-refractivity contribution in [1.82, 2.24) is 19.7 Å². The maximum absolute atomic E-state index is 12.6. The van der Waals surface area contributed by atoms with E-state index in [-0.39, 0.29) is 12.5 Å². The van der Waals surface area contributed by atoms with Crippen LogP contribution in [0.4, 0.5) is 34.7 Å². The highest BCUT2D eigenvalue weighted by molar-refractivity contribution is 7.20. The van der Waals surface area contributed by atoms with Gasteiger partial charge >= 0.3 is 6.18 Å². The van der Waals surface area contributed by atoms with Crippen molar-refractivity contribution in [2.24, 2.45) is 0 Å². The normalized spacial score (nSPS) is 11.6. The van der Waals surface area contributed by atoms with Crippen LogP contribution in [0.2, 0.25) is 0 Å². The fourth-order valence-corrected chi connectivity index (χ4v) is 5.32. The first-order valence-corrected chi connectivity index (χ1v) is 12.6. The zero-order valence-corrected chi connectivity index (χ0v) is 20.7. The van der Waals surface area contributed by atoms with Crippen LogP contribution in [-0.4, -0.2) is 33.0 Å². The molecule has 13 heteroatoms. The van der Waals surface area contributed by atoms with Crippen molar-refractivity contribution < 1.29 is 18.0 Å². The molecular formula is C24H20F3N7OS2. The smallest absolute Gasteiger partial charge is 0.397 e. The minimum atomic E-state index is -4.29. The number of alkyl halides is 3. The van der Waals surface area contributed by atoms with Crippen molar-refractivity contribution >= 4 is 55.7 Å². The largest absolute Gasteiger partial charge is 0.401 e. The second-order valence-electron chi connectivity index (χ2n) is 7.93. The summed E-state index contributed by atoms with van der Waals surface area (Å²) in [4.78, 5) is 22.7. The minimum Gasteiger partial charge on any atom is -0.397 e. The predicted molar refractivity (Wildman–Crippen MR) is 140 cm³/mol. The van der Waals surface area contributed by atoms with Crippen LogP contribution in [0.25, 0.3) is 16.2 Å². The number of nitrogens with one attached hydrogen (secondary N) is 3. The highest BCUT2D eigenvalue weighted by atomic mass is 32.1. The summed E-state index contributed by atoms with van der Waals surface area (Å²) in [6.07, 6.45) is -0.945. The van der Waals surface area contributed by atoms with Gasteiger partial charge in [0.05, 0.1) is 44.6 Å². The van der Waals surface area contributed by atoms with E-state index in [1.807, 2.05) is 4.40 Å². The molecule has 0 saturated carbocycles. The van der Waals surface area contributed by atoms with E-state index in [2.05, 4.69) is 25.9 Å². The second kappa shape index (κ2) is 10.2. The number of thiazole rings is 1. The fraction of sp³-hybridized carbons (Fsp3) is 0.125. The lowest BCUT2D eigenvalue weighted by Gasteiger charge is -2.11. The molecular weight excluding hydrogens is 523 g/mol. The Morgan fingerprint density at radius 1 is 1.00 bits per heavy atom. The first kappa shape index (κ1) is 24.7. The molecule has 190 valence electrons. The summed E-state index contributed by atoms with van der Waals surface area (Å²) in [5.74, 6) is -0.270. The van der Waals surface area contributed by atoms with Crippen molar-refractivity contribution in [2.45, 2.75) is 12.7 Å². The van der Waals surface area contributed by atoms with Gasteiger partial charge in [-0.05, 0) is 36.4 Å². The van der Waals surface area contributed by atoms with Gasteiger partial charge in [0.2, 0.25) is 0 Å². The summed E-state index contributed by atoms with van der Waals surface area (Å²) in [5, 5.41) is 9.76. The topological polar surface area (TPSA) is 109 Å². The number of hydrogen-bond acceptors (Lipinski definition) is 8. The van der Waals surface area contributed by atoms with E-state index in [0.29, 0.717) is 32.7 Å². The molecule has 0 radical (unpaired) electrons. The number of carbonyl (C=O) groups excluding carboxylic acids is 1. The van der Waals surface area contributed by atoms with Gasteiger partial charge < -0.3 is 21.7 Å². The molecule has 37 heavy (non-hydrogen) atoms. The molecule has 8 nitrogen and oxygen atoms in total. The quantitative estimate of drug-likeness (QED) is 0.186. The Hall–Kier alpha value is -3.94. The molecule has 1 amide bonds. The number of imidazole rings is 1. The second-order valence-corrected chi connectivity index (χ2v) is 10.0. The van der Waals surface area contributed by atoms with Crippen molar-refractivity contribution in [3.8, 4) is 10.6 Å². The highest BCUT2D eigenvalue weighted by Crippen LogP contribution is 2.34. The maximum atomic E-state index is 12.6. The van der Waals surface area contributed by atoms with E-state index in [0.717, 1.165) is 15.6 Å². The van der Waals surface area contributed by atoms with Crippen LogP contribution in [0.15, 0.2) is 67.0 Å². The van der Waals surface area contributed by atoms with Gasteiger partial charge in [0, 0.05) is 18.4 Å². The molecule has 5 aromatic rings. The third-order valence-corrected chi connectivity index (χ3v) is 7.20. The molecule has 4 aromatic heterocycles.